The van der Waals surface area contributed by atoms with Crippen molar-refractivity contribution in [3.8, 4) is 0 Å². The van der Waals surface area contributed by atoms with Crippen LogP contribution in [0.2, 0.25) is 0 Å². The molecule has 0 aliphatic heterocycles. The van der Waals surface area contributed by atoms with Crippen LogP contribution < -0.4 is 11.9 Å². The number of quaternary nitrogens is 1. The average Bonchev–Trinajstić information content (AvgIpc) is 2.84. The number of rotatable bonds is 3. The maximum Gasteiger partial charge on any atom is 0.0544 e. The highest BCUT2D eigenvalue weighted by Crippen LogP contribution is 2.58. The fraction of sp³-hybridized carbons (Fsp3) is 0.900. The quantitative estimate of drug-likeness (QED) is 0.559. The van der Waals surface area contributed by atoms with Crippen LogP contribution in [0.15, 0.2) is 11.1 Å². The number of nitrogens with two attached hydrogens (primary N) is 1. The molecule has 0 spiro atoms. The molecule has 0 aromatic rings. The molecule has 4 nitrogen and oxygen atoms in total. The van der Waals surface area contributed by atoms with E-state index in [2.05, 4.69) is 20.8 Å². The molecule has 1 fully saturated rings. The Bertz CT molecular complexity index is 494. The van der Waals surface area contributed by atoms with Gasteiger partial charge in [0.2, 0.25) is 0 Å². The predicted molar refractivity (Wildman–Crippen MR) is 107 cm³/mol. The molecule has 148 valence electrons. The Balaban J connectivity index is 0.00000156. The fourth-order valence-electron chi connectivity index (χ4n) is 6.10. The van der Waals surface area contributed by atoms with Gasteiger partial charge in [0.15, 0.2) is 0 Å². The van der Waals surface area contributed by atoms with Gasteiger partial charge in [-0.05, 0) is 80.1 Å². The van der Waals surface area contributed by atoms with E-state index in [-0.39, 0.29) is 42.6 Å². The lowest BCUT2D eigenvalue weighted by Crippen LogP contribution is -2.48. The summed E-state index contributed by atoms with van der Waals surface area (Å²) in [6.07, 6.45) is 7.29. The molecule has 0 heterocycles. The third kappa shape index (κ3) is 3.79. The summed E-state index contributed by atoms with van der Waals surface area (Å²) in [5.41, 5.74) is 10.1. The van der Waals surface area contributed by atoms with E-state index in [9.17, 15) is 10.2 Å². The molecule has 1 unspecified atom stereocenters. The first-order valence-electron chi connectivity index (χ1n) is 9.55. The summed E-state index contributed by atoms with van der Waals surface area (Å²) in [6.45, 7) is 8.06. The molecule has 0 bridgehead atoms. The smallest absolute Gasteiger partial charge is 0.0544 e. The molecular formula is C20H40ClN2O2+. The van der Waals surface area contributed by atoms with Crippen LogP contribution in [0.1, 0.15) is 65.7 Å². The second-order valence-corrected chi connectivity index (χ2v) is 9.19. The second kappa shape index (κ2) is 8.26. The number of hydrogen-bond acceptors (Lipinski definition) is 3. The molecule has 3 rings (SSSR count). The van der Waals surface area contributed by atoms with Gasteiger partial charge in [-0.3, -0.25) is 0 Å². The summed E-state index contributed by atoms with van der Waals surface area (Å²) < 4.78 is 0. The summed E-state index contributed by atoms with van der Waals surface area (Å²) >= 11 is 0. The molecule has 5 atom stereocenters. The van der Waals surface area contributed by atoms with Crippen LogP contribution in [0.25, 0.3) is 0 Å². The minimum atomic E-state index is -0.236. The number of halogens is 1. The summed E-state index contributed by atoms with van der Waals surface area (Å²) in [4.78, 5) is 0. The van der Waals surface area contributed by atoms with Crippen LogP contribution in [0.5, 0.6) is 0 Å². The van der Waals surface area contributed by atoms with Gasteiger partial charge in [0.05, 0.1) is 6.10 Å². The lowest BCUT2D eigenvalue weighted by Gasteiger charge is -2.52. The molecule has 0 aromatic heterocycles. The van der Waals surface area contributed by atoms with Crippen LogP contribution in [0.4, 0.5) is 0 Å². The van der Waals surface area contributed by atoms with E-state index < -0.39 is 0 Å². The topological polar surface area (TPSA) is 103 Å². The standard InChI is InChI=1S/C20H35NO2.ClH.H3N/c1-19(2)8-7-15-16(11-21)18(5-4-17(15)19)20(3)9-6-14(23)10-13(20)12-22;;/h13-14,16,18,22-23H,4-12,21H2,1-3H3;1H;1H3/p+1/t13-,14+,16-,18?,20+;;/m1../s1. The van der Waals surface area contributed by atoms with Crippen molar-refractivity contribution in [2.45, 2.75) is 71.8 Å². The zero-order valence-corrected chi connectivity index (χ0v) is 17.4. The molecule has 0 aromatic carbocycles. The van der Waals surface area contributed by atoms with Crippen LogP contribution in [0, 0.1) is 28.6 Å². The molecule has 0 radical (unpaired) electrons. The molecule has 1 saturated carbocycles. The van der Waals surface area contributed by atoms with Crippen molar-refractivity contribution in [1.82, 2.24) is 6.15 Å². The van der Waals surface area contributed by atoms with Gasteiger partial charge in [-0.1, -0.05) is 31.9 Å². The Kier molecular flexibility index (Phi) is 7.57. The zero-order chi connectivity index (χ0) is 16.8. The van der Waals surface area contributed by atoms with E-state index in [1.165, 1.54) is 25.7 Å². The highest BCUT2D eigenvalue weighted by molar-refractivity contribution is 5.85. The van der Waals surface area contributed by atoms with Gasteiger partial charge in [0.25, 0.3) is 0 Å². The van der Waals surface area contributed by atoms with Crippen molar-refractivity contribution >= 4 is 12.4 Å². The first-order valence-corrected chi connectivity index (χ1v) is 9.55. The van der Waals surface area contributed by atoms with Gasteiger partial charge >= 0.3 is 0 Å². The monoisotopic (exact) mass is 375 g/mol. The van der Waals surface area contributed by atoms with E-state index >= 15 is 0 Å². The van der Waals surface area contributed by atoms with Crippen molar-refractivity contribution in [2.24, 2.45) is 34.3 Å². The molecule has 5 heteroatoms. The van der Waals surface area contributed by atoms with E-state index in [0.29, 0.717) is 17.3 Å². The van der Waals surface area contributed by atoms with Crippen LogP contribution in [0.3, 0.4) is 0 Å². The molecule has 3 aliphatic rings. The fourth-order valence-corrected chi connectivity index (χ4v) is 6.10. The number of aliphatic hydroxyl groups excluding tert-OH is 2. The Morgan fingerprint density at radius 1 is 1.12 bits per heavy atom. The molecule has 0 saturated heterocycles. The van der Waals surface area contributed by atoms with Crippen molar-refractivity contribution in [1.29, 1.82) is 0 Å². The number of allylic oxidation sites excluding steroid dienone is 1. The summed E-state index contributed by atoms with van der Waals surface area (Å²) in [5.74, 6) is 1.25. The first-order chi connectivity index (χ1) is 10.8. The van der Waals surface area contributed by atoms with Crippen LogP contribution in [-0.2, 0) is 0 Å². The summed E-state index contributed by atoms with van der Waals surface area (Å²) in [6, 6.07) is 0. The lowest BCUT2D eigenvalue weighted by molar-refractivity contribution is -0.0575. The summed E-state index contributed by atoms with van der Waals surface area (Å²) in [5, 5.41) is 20.0. The van der Waals surface area contributed by atoms with Crippen molar-refractivity contribution in [2.75, 3.05) is 13.2 Å². The van der Waals surface area contributed by atoms with Crippen LogP contribution >= 0.6 is 12.4 Å². The van der Waals surface area contributed by atoms with Gasteiger partial charge in [-0.2, -0.15) is 0 Å². The third-order valence-corrected chi connectivity index (χ3v) is 7.69. The minimum Gasteiger partial charge on any atom is -0.396 e. The SMILES string of the molecule is CC1(C)CCC2=C1CCC([C@@]1(C)CC[C@H](O)C[C@@H]1CO)[C@@H]2CN.Cl.[NH4+]. The largest absolute Gasteiger partial charge is 0.396 e. The second-order valence-electron chi connectivity index (χ2n) is 9.19. The Morgan fingerprint density at radius 2 is 1.80 bits per heavy atom. The average molecular weight is 376 g/mol. The molecule has 25 heavy (non-hydrogen) atoms. The van der Waals surface area contributed by atoms with Crippen LogP contribution in [-0.4, -0.2) is 29.5 Å². The van der Waals surface area contributed by atoms with Gasteiger partial charge < -0.3 is 22.1 Å². The van der Waals surface area contributed by atoms with Crippen molar-refractivity contribution < 1.29 is 10.2 Å². The normalized spacial score (nSPS) is 40.1. The van der Waals surface area contributed by atoms with Crippen molar-refractivity contribution in [3.63, 3.8) is 0 Å². The molecular weight excluding hydrogens is 336 g/mol. The Morgan fingerprint density at radius 3 is 2.40 bits per heavy atom. The lowest BCUT2D eigenvalue weighted by atomic mass is 9.53. The van der Waals surface area contributed by atoms with Gasteiger partial charge in [-0.15, -0.1) is 12.4 Å². The maximum absolute atomic E-state index is 10.0. The molecule has 8 N–H and O–H groups in total. The van der Waals surface area contributed by atoms with E-state index in [1.54, 1.807) is 11.1 Å². The van der Waals surface area contributed by atoms with E-state index in [4.69, 9.17) is 5.73 Å². The molecule has 3 aliphatic carbocycles. The third-order valence-electron chi connectivity index (χ3n) is 7.69. The van der Waals surface area contributed by atoms with E-state index in [1.807, 2.05) is 0 Å². The van der Waals surface area contributed by atoms with Crippen molar-refractivity contribution in [3.05, 3.63) is 11.1 Å². The Hall–Kier alpha value is -0.130. The van der Waals surface area contributed by atoms with E-state index in [0.717, 1.165) is 25.8 Å². The zero-order valence-electron chi connectivity index (χ0n) is 16.6. The van der Waals surface area contributed by atoms with Gasteiger partial charge in [-0.25, -0.2) is 0 Å². The number of hydrogen-bond donors (Lipinski definition) is 4. The number of aliphatic hydroxyl groups is 2. The molecule has 0 amide bonds. The Labute approximate surface area is 159 Å². The predicted octanol–water partition coefficient (Wildman–Crippen LogP) is 4.05. The highest BCUT2D eigenvalue weighted by atomic mass is 35.5. The highest BCUT2D eigenvalue weighted by Gasteiger charge is 2.50. The summed E-state index contributed by atoms with van der Waals surface area (Å²) in [7, 11) is 0. The van der Waals surface area contributed by atoms with Gasteiger partial charge in [0.1, 0.15) is 0 Å². The van der Waals surface area contributed by atoms with Gasteiger partial charge in [0, 0.05) is 6.61 Å². The maximum atomic E-state index is 10.0. The minimum absolute atomic E-state index is 0. The first kappa shape index (κ1) is 22.9.